The first-order chi connectivity index (χ1) is 9.29. The second-order valence-electron chi connectivity index (χ2n) is 5.10. The van der Waals surface area contributed by atoms with E-state index in [2.05, 4.69) is 10.6 Å². The predicted octanol–water partition coefficient (Wildman–Crippen LogP) is 3.27. The van der Waals surface area contributed by atoms with Crippen LogP contribution in [-0.4, -0.2) is 23.1 Å². The number of anilines is 1. The van der Waals surface area contributed by atoms with Crippen molar-refractivity contribution in [1.29, 1.82) is 0 Å². The third kappa shape index (κ3) is 5.09. The van der Waals surface area contributed by atoms with Crippen molar-refractivity contribution in [1.82, 2.24) is 5.32 Å². The van der Waals surface area contributed by atoms with Gasteiger partial charge in [0.05, 0.1) is 10.7 Å². The van der Waals surface area contributed by atoms with Crippen LogP contribution in [0.4, 0.5) is 10.5 Å². The zero-order valence-electron chi connectivity index (χ0n) is 11.7. The van der Waals surface area contributed by atoms with Crippen LogP contribution in [0.15, 0.2) is 18.2 Å². The van der Waals surface area contributed by atoms with E-state index in [4.69, 9.17) is 16.7 Å². The number of hydrogen-bond acceptors (Lipinski definition) is 2. The third-order valence-electron chi connectivity index (χ3n) is 2.68. The lowest BCUT2D eigenvalue weighted by Gasteiger charge is -2.17. The number of amides is 2. The zero-order chi connectivity index (χ0) is 15.3. The van der Waals surface area contributed by atoms with Gasteiger partial charge in [0.15, 0.2) is 0 Å². The second-order valence-corrected chi connectivity index (χ2v) is 5.51. The molecular formula is C14H19ClN2O3. The Balaban J connectivity index is 2.68. The lowest BCUT2D eigenvalue weighted by Crippen LogP contribution is -2.43. The van der Waals surface area contributed by atoms with Gasteiger partial charge in [0.2, 0.25) is 0 Å². The van der Waals surface area contributed by atoms with Gasteiger partial charge in [-0.2, -0.15) is 0 Å². The Morgan fingerprint density at radius 3 is 2.50 bits per heavy atom. The van der Waals surface area contributed by atoms with Crippen LogP contribution in [0.2, 0.25) is 5.02 Å². The smallest absolute Gasteiger partial charge is 0.326 e. The molecule has 0 bridgehead atoms. The summed E-state index contributed by atoms with van der Waals surface area (Å²) in [7, 11) is 0. The fourth-order valence-corrected chi connectivity index (χ4v) is 2.01. The number of benzene rings is 1. The maximum Gasteiger partial charge on any atom is 0.326 e. The van der Waals surface area contributed by atoms with E-state index in [0.29, 0.717) is 17.1 Å². The van der Waals surface area contributed by atoms with Crippen LogP contribution in [0.3, 0.4) is 0 Å². The summed E-state index contributed by atoms with van der Waals surface area (Å²) in [5.41, 5.74) is 1.42. The molecule has 110 valence electrons. The maximum absolute atomic E-state index is 11.8. The molecule has 2 amide bonds. The number of carboxylic acid groups (broad SMARTS) is 1. The summed E-state index contributed by atoms with van der Waals surface area (Å²) >= 11 is 6.00. The highest BCUT2D eigenvalue weighted by Crippen LogP contribution is 2.22. The highest BCUT2D eigenvalue weighted by atomic mass is 35.5. The molecule has 0 fully saturated rings. The van der Waals surface area contributed by atoms with Crippen LogP contribution in [0.1, 0.15) is 25.8 Å². The van der Waals surface area contributed by atoms with E-state index in [1.807, 2.05) is 26.8 Å². The number of aryl methyl sites for hydroxylation is 1. The summed E-state index contributed by atoms with van der Waals surface area (Å²) in [4.78, 5) is 22.9. The number of carboxylic acids is 1. The molecule has 20 heavy (non-hydrogen) atoms. The Morgan fingerprint density at radius 1 is 1.35 bits per heavy atom. The van der Waals surface area contributed by atoms with Gasteiger partial charge < -0.3 is 15.7 Å². The Labute approximate surface area is 123 Å². The lowest BCUT2D eigenvalue weighted by molar-refractivity contribution is -0.139. The molecular weight excluding hydrogens is 280 g/mol. The highest BCUT2D eigenvalue weighted by molar-refractivity contribution is 6.33. The number of rotatable bonds is 5. The largest absolute Gasteiger partial charge is 0.480 e. The number of hydrogen-bond donors (Lipinski definition) is 3. The minimum absolute atomic E-state index is 0.166. The third-order valence-corrected chi connectivity index (χ3v) is 3.00. The number of carbonyl (C=O) groups is 2. The van der Waals surface area contributed by atoms with Gasteiger partial charge in [0, 0.05) is 0 Å². The van der Waals surface area contributed by atoms with Gasteiger partial charge in [-0.3, -0.25) is 0 Å². The van der Waals surface area contributed by atoms with Gasteiger partial charge in [-0.05, 0) is 37.0 Å². The number of halogens is 1. The standard InChI is InChI=1S/C14H19ClN2O3/c1-8(2)6-12(13(18)19)17-14(20)16-11-5-4-9(3)7-10(11)15/h4-5,7-8,12H,6H2,1-3H3,(H,18,19)(H2,16,17,20)/t12-/m0/s1. The van der Waals surface area contributed by atoms with Crippen molar-refractivity contribution in [2.75, 3.05) is 5.32 Å². The average Bonchev–Trinajstić information content (AvgIpc) is 2.31. The van der Waals surface area contributed by atoms with Crippen LogP contribution >= 0.6 is 11.6 Å². The van der Waals surface area contributed by atoms with Crippen molar-refractivity contribution in [3.05, 3.63) is 28.8 Å². The Kier molecular flexibility index (Phi) is 5.82. The highest BCUT2D eigenvalue weighted by Gasteiger charge is 2.21. The van der Waals surface area contributed by atoms with E-state index < -0.39 is 18.0 Å². The molecule has 0 aliphatic rings. The molecule has 0 aliphatic heterocycles. The molecule has 5 nitrogen and oxygen atoms in total. The quantitative estimate of drug-likeness (QED) is 0.780. The molecule has 1 rings (SSSR count). The SMILES string of the molecule is Cc1ccc(NC(=O)N[C@@H](CC(C)C)C(=O)O)c(Cl)c1. The van der Waals surface area contributed by atoms with E-state index in [0.717, 1.165) is 5.56 Å². The van der Waals surface area contributed by atoms with E-state index in [1.54, 1.807) is 12.1 Å². The molecule has 0 aromatic heterocycles. The molecule has 0 aliphatic carbocycles. The molecule has 0 saturated carbocycles. The van der Waals surface area contributed by atoms with Crippen LogP contribution < -0.4 is 10.6 Å². The summed E-state index contributed by atoms with van der Waals surface area (Å²) in [6.45, 7) is 5.68. The molecule has 1 aromatic carbocycles. The van der Waals surface area contributed by atoms with E-state index in [9.17, 15) is 9.59 Å². The second kappa shape index (κ2) is 7.14. The molecule has 1 aromatic rings. The maximum atomic E-state index is 11.8. The molecule has 0 saturated heterocycles. The van der Waals surface area contributed by atoms with Gasteiger partial charge in [-0.1, -0.05) is 31.5 Å². The number of aliphatic carboxylic acids is 1. The first kappa shape index (κ1) is 16.3. The van der Waals surface area contributed by atoms with Crippen molar-refractivity contribution >= 4 is 29.3 Å². The summed E-state index contributed by atoms with van der Waals surface area (Å²) in [5.74, 6) is -0.886. The Bertz CT molecular complexity index is 503. The van der Waals surface area contributed by atoms with Crippen LogP contribution in [-0.2, 0) is 4.79 Å². The lowest BCUT2D eigenvalue weighted by atomic mass is 10.0. The fourth-order valence-electron chi connectivity index (χ4n) is 1.73. The molecule has 6 heteroatoms. The predicted molar refractivity (Wildman–Crippen MR) is 79.2 cm³/mol. The Hall–Kier alpha value is -1.75. The number of urea groups is 1. The molecule has 0 heterocycles. The monoisotopic (exact) mass is 298 g/mol. The summed E-state index contributed by atoms with van der Waals surface area (Å²) < 4.78 is 0. The van der Waals surface area contributed by atoms with Crippen molar-refractivity contribution in [3.63, 3.8) is 0 Å². The minimum Gasteiger partial charge on any atom is -0.480 e. The topological polar surface area (TPSA) is 78.4 Å². The number of nitrogens with one attached hydrogen (secondary N) is 2. The molecule has 3 N–H and O–H groups in total. The van der Waals surface area contributed by atoms with Crippen LogP contribution in [0.5, 0.6) is 0 Å². The van der Waals surface area contributed by atoms with E-state index in [-0.39, 0.29) is 5.92 Å². The van der Waals surface area contributed by atoms with Crippen molar-refractivity contribution in [2.45, 2.75) is 33.2 Å². The average molecular weight is 299 g/mol. The first-order valence-electron chi connectivity index (χ1n) is 6.36. The van der Waals surface area contributed by atoms with E-state index >= 15 is 0 Å². The summed E-state index contributed by atoms with van der Waals surface area (Å²) in [6.07, 6.45) is 0.365. The molecule has 0 radical (unpaired) electrons. The fraction of sp³-hybridized carbons (Fsp3) is 0.429. The zero-order valence-corrected chi connectivity index (χ0v) is 12.5. The van der Waals surface area contributed by atoms with Crippen molar-refractivity contribution in [3.8, 4) is 0 Å². The van der Waals surface area contributed by atoms with Crippen molar-refractivity contribution in [2.24, 2.45) is 5.92 Å². The number of carbonyl (C=O) groups excluding carboxylic acids is 1. The minimum atomic E-state index is -1.05. The first-order valence-corrected chi connectivity index (χ1v) is 6.74. The molecule has 0 unspecified atom stereocenters. The summed E-state index contributed by atoms with van der Waals surface area (Å²) in [6, 6.07) is 3.71. The van der Waals surface area contributed by atoms with Gasteiger partial charge in [-0.25, -0.2) is 9.59 Å². The normalized spacial score (nSPS) is 12.1. The van der Waals surface area contributed by atoms with Gasteiger partial charge in [0.1, 0.15) is 6.04 Å². The van der Waals surface area contributed by atoms with E-state index in [1.165, 1.54) is 0 Å². The van der Waals surface area contributed by atoms with Crippen LogP contribution in [0, 0.1) is 12.8 Å². The van der Waals surface area contributed by atoms with Crippen LogP contribution in [0.25, 0.3) is 0 Å². The van der Waals surface area contributed by atoms with Gasteiger partial charge in [0.25, 0.3) is 0 Å². The van der Waals surface area contributed by atoms with Crippen molar-refractivity contribution < 1.29 is 14.7 Å². The molecule has 0 spiro atoms. The van der Waals surface area contributed by atoms with Gasteiger partial charge >= 0.3 is 12.0 Å². The Morgan fingerprint density at radius 2 is 2.00 bits per heavy atom. The molecule has 1 atom stereocenters. The summed E-state index contributed by atoms with van der Waals surface area (Å²) in [5, 5.41) is 14.5. The van der Waals surface area contributed by atoms with Gasteiger partial charge in [-0.15, -0.1) is 0 Å².